The third kappa shape index (κ3) is 3.11. The van der Waals surface area contributed by atoms with Crippen molar-refractivity contribution >= 4 is 23.1 Å². The van der Waals surface area contributed by atoms with Crippen LogP contribution in [0.1, 0.15) is 0 Å². The molecule has 104 valence electrons. The van der Waals surface area contributed by atoms with Crippen molar-refractivity contribution < 1.29 is 14.1 Å². The van der Waals surface area contributed by atoms with Crippen molar-refractivity contribution in [3.8, 4) is 11.6 Å². The van der Waals surface area contributed by atoms with Gasteiger partial charge in [0.05, 0.1) is 22.1 Å². The number of anilines is 1. The van der Waals surface area contributed by atoms with Crippen molar-refractivity contribution in [2.24, 2.45) is 5.84 Å². The first-order valence-electron chi connectivity index (χ1n) is 5.25. The van der Waals surface area contributed by atoms with Gasteiger partial charge in [0, 0.05) is 6.07 Å². The van der Waals surface area contributed by atoms with Crippen LogP contribution < -0.4 is 16.0 Å². The van der Waals surface area contributed by atoms with Gasteiger partial charge in [-0.25, -0.2) is 10.2 Å². The molecule has 7 nitrogen and oxygen atoms in total. The molecule has 20 heavy (non-hydrogen) atoms. The van der Waals surface area contributed by atoms with E-state index in [0.717, 1.165) is 18.2 Å². The summed E-state index contributed by atoms with van der Waals surface area (Å²) >= 11 is 5.54. The van der Waals surface area contributed by atoms with E-state index in [1.807, 2.05) is 0 Å². The number of rotatable bonds is 4. The second-order valence-electron chi connectivity index (χ2n) is 3.63. The molecule has 0 bridgehead atoms. The zero-order valence-electron chi connectivity index (χ0n) is 9.84. The number of nitro groups is 1. The molecular weight excluding hydrogens is 291 g/mol. The smallest absolute Gasteiger partial charge is 0.278 e. The second-order valence-corrected chi connectivity index (χ2v) is 4.04. The lowest BCUT2D eigenvalue weighted by Gasteiger charge is -2.07. The number of hydrazine groups is 1. The van der Waals surface area contributed by atoms with Gasteiger partial charge in [-0.15, -0.1) is 0 Å². The molecule has 0 unspecified atom stereocenters. The number of nitrogens with zero attached hydrogens (tertiary/aromatic N) is 2. The van der Waals surface area contributed by atoms with Crippen molar-refractivity contribution in [3.63, 3.8) is 0 Å². The van der Waals surface area contributed by atoms with Crippen molar-refractivity contribution in [1.82, 2.24) is 4.98 Å². The van der Waals surface area contributed by atoms with Gasteiger partial charge >= 0.3 is 0 Å². The van der Waals surface area contributed by atoms with E-state index in [9.17, 15) is 14.5 Å². The van der Waals surface area contributed by atoms with E-state index >= 15 is 0 Å². The van der Waals surface area contributed by atoms with Gasteiger partial charge in [-0.05, 0) is 12.1 Å². The number of hydrogen-bond acceptors (Lipinski definition) is 6. The van der Waals surface area contributed by atoms with Crippen LogP contribution >= 0.6 is 11.6 Å². The number of aromatic nitrogens is 1. The Morgan fingerprint density at radius 2 is 2.15 bits per heavy atom. The molecule has 1 heterocycles. The maximum Gasteiger partial charge on any atom is 0.278 e. The molecule has 0 aliphatic rings. The third-order valence-electron chi connectivity index (χ3n) is 2.26. The van der Waals surface area contributed by atoms with Crippen LogP contribution in [0, 0.1) is 15.9 Å². The molecule has 0 saturated carbocycles. The third-order valence-corrected chi connectivity index (χ3v) is 2.57. The average molecular weight is 299 g/mol. The molecule has 0 aliphatic carbocycles. The molecule has 1 aromatic carbocycles. The van der Waals surface area contributed by atoms with Gasteiger partial charge in [-0.1, -0.05) is 11.6 Å². The Bertz CT molecular complexity index is 668. The lowest BCUT2D eigenvalue weighted by molar-refractivity contribution is -0.384. The van der Waals surface area contributed by atoms with Crippen LogP contribution in [0.3, 0.4) is 0 Å². The number of benzene rings is 1. The molecule has 0 aliphatic heterocycles. The van der Waals surface area contributed by atoms with Gasteiger partial charge < -0.3 is 10.2 Å². The fourth-order valence-corrected chi connectivity index (χ4v) is 1.50. The number of pyridine rings is 1. The summed E-state index contributed by atoms with van der Waals surface area (Å²) in [6.45, 7) is 0. The Balaban J connectivity index is 2.34. The van der Waals surface area contributed by atoms with Gasteiger partial charge in [0.15, 0.2) is 5.82 Å². The van der Waals surface area contributed by atoms with E-state index in [1.165, 1.54) is 12.1 Å². The van der Waals surface area contributed by atoms with E-state index in [1.54, 1.807) is 0 Å². The minimum absolute atomic E-state index is 0.0450. The van der Waals surface area contributed by atoms with E-state index in [-0.39, 0.29) is 28.2 Å². The largest absolute Gasteiger partial charge is 0.439 e. The number of hydrogen-bond donors (Lipinski definition) is 2. The summed E-state index contributed by atoms with van der Waals surface area (Å²) in [6, 6.07) is 5.97. The summed E-state index contributed by atoms with van der Waals surface area (Å²) in [7, 11) is 0. The van der Waals surface area contributed by atoms with Crippen LogP contribution in [0.15, 0.2) is 30.3 Å². The first kappa shape index (κ1) is 14.0. The Hall–Kier alpha value is -2.45. The molecule has 3 N–H and O–H groups in total. The van der Waals surface area contributed by atoms with E-state index in [2.05, 4.69) is 10.4 Å². The first-order valence-corrected chi connectivity index (χ1v) is 5.63. The topological polar surface area (TPSA) is 103 Å². The minimum atomic E-state index is -0.674. The normalized spacial score (nSPS) is 10.2. The predicted octanol–water partition coefficient (Wildman–Crippen LogP) is 2.86. The standard InChI is InChI=1S/C11H8ClFN4O3/c12-8-2-1-7(5-9(8)13)20-11-4-6(17(18)19)3-10(15-11)16-14/h1-5H,14H2,(H,15,16). The lowest BCUT2D eigenvalue weighted by Crippen LogP contribution is -2.09. The molecule has 0 atom stereocenters. The predicted molar refractivity (Wildman–Crippen MR) is 70.2 cm³/mol. The van der Waals surface area contributed by atoms with Crippen molar-refractivity contribution in [2.75, 3.05) is 5.43 Å². The molecule has 0 saturated heterocycles. The highest BCUT2D eigenvalue weighted by atomic mass is 35.5. The summed E-state index contributed by atoms with van der Waals surface area (Å²) < 4.78 is 18.5. The van der Waals surface area contributed by atoms with Gasteiger partial charge in [0.1, 0.15) is 11.6 Å². The summed E-state index contributed by atoms with van der Waals surface area (Å²) in [5, 5.41) is 10.7. The Labute approximate surface area is 117 Å². The highest BCUT2D eigenvalue weighted by Gasteiger charge is 2.13. The van der Waals surface area contributed by atoms with Crippen molar-refractivity contribution in [3.05, 3.63) is 51.3 Å². The minimum Gasteiger partial charge on any atom is -0.439 e. The second kappa shape index (κ2) is 5.68. The monoisotopic (exact) mass is 298 g/mol. The highest BCUT2D eigenvalue weighted by Crippen LogP contribution is 2.28. The van der Waals surface area contributed by atoms with Crippen LogP contribution in [0.5, 0.6) is 11.6 Å². The molecule has 0 fully saturated rings. The molecule has 9 heteroatoms. The van der Waals surface area contributed by atoms with E-state index in [4.69, 9.17) is 22.2 Å². The molecule has 1 aromatic heterocycles. The maximum atomic E-state index is 13.3. The number of nitrogens with one attached hydrogen (secondary N) is 1. The number of nitrogen functional groups attached to an aromatic ring is 1. The maximum absolute atomic E-state index is 13.3. The summed E-state index contributed by atoms with van der Waals surface area (Å²) in [6.07, 6.45) is 0. The molecule has 0 amide bonds. The zero-order valence-corrected chi connectivity index (χ0v) is 10.6. The molecule has 2 rings (SSSR count). The number of nitrogens with two attached hydrogens (primary N) is 1. The molecule has 0 spiro atoms. The quantitative estimate of drug-likeness (QED) is 0.511. The average Bonchev–Trinajstić information content (AvgIpc) is 2.42. The lowest BCUT2D eigenvalue weighted by atomic mass is 10.3. The molecular formula is C11H8ClFN4O3. The van der Waals surface area contributed by atoms with Crippen LogP contribution in [0.25, 0.3) is 0 Å². The van der Waals surface area contributed by atoms with E-state index in [0.29, 0.717) is 0 Å². The van der Waals surface area contributed by atoms with Gasteiger partial charge in [0.25, 0.3) is 5.69 Å². The first-order chi connectivity index (χ1) is 9.49. The van der Waals surface area contributed by atoms with Crippen LogP contribution in [-0.4, -0.2) is 9.91 Å². The van der Waals surface area contributed by atoms with Crippen LogP contribution in [0.2, 0.25) is 5.02 Å². The number of ether oxygens (including phenoxy) is 1. The van der Waals surface area contributed by atoms with Gasteiger partial charge in [0.2, 0.25) is 5.88 Å². The molecule has 0 radical (unpaired) electrons. The van der Waals surface area contributed by atoms with Gasteiger partial charge in [-0.2, -0.15) is 4.98 Å². The summed E-state index contributed by atoms with van der Waals surface area (Å²) in [5.41, 5.74) is 1.91. The Morgan fingerprint density at radius 1 is 1.40 bits per heavy atom. The molecule has 2 aromatic rings. The van der Waals surface area contributed by atoms with Crippen LogP contribution in [-0.2, 0) is 0 Å². The van der Waals surface area contributed by atoms with E-state index < -0.39 is 10.7 Å². The number of halogens is 2. The SMILES string of the molecule is NNc1cc([N+](=O)[O-])cc(Oc2ccc(Cl)c(F)c2)n1. The Morgan fingerprint density at radius 3 is 2.75 bits per heavy atom. The van der Waals surface area contributed by atoms with Gasteiger partial charge in [-0.3, -0.25) is 10.1 Å². The zero-order chi connectivity index (χ0) is 14.7. The fourth-order valence-electron chi connectivity index (χ4n) is 1.38. The fraction of sp³-hybridized carbons (Fsp3) is 0. The van der Waals surface area contributed by atoms with Crippen molar-refractivity contribution in [1.29, 1.82) is 0 Å². The van der Waals surface area contributed by atoms with Crippen LogP contribution in [0.4, 0.5) is 15.9 Å². The highest BCUT2D eigenvalue weighted by molar-refractivity contribution is 6.30. The summed E-state index contributed by atoms with van der Waals surface area (Å²) in [4.78, 5) is 14.0. The summed E-state index contributed by atoms with van der Waals surface area (Å²) in [5.74, 6) is 4.52. The Kier molecular flexibility index (Phi) is 3.97. The van der Waals surface area contributed by atoms with Crippen molar-refractivity contribution in [2.45, 2.75) is 0 Å².